The zero-order valence-electron chi connectivity index (χ0n) is 9.50. The molecule has 3 nitrogen and oxygen atoms in total. The van der Waals surface area contributed by atoms with Crippen LogP contribution in [0.15, 0.2) is 0 Å². The van der Waals surface area contributed by atoms with Gasteiger partial charge in [0.1, 0.15) is 5.69 Å². The fraction of sp³-hybridized carbons (Fsp3) is 0.727. The van der Waals surface area contributed by atoms with Crippen molar-refractivity contribution in [1.82, 2.24) is 9.78 Å². The van der Waals surface area contributed by atoms with E-state index in [2.05, 4.69) is 18.9 Å². The average molecular weight is 211 g/mol. The number of nitrogens with two attached hydrogens (primary N) is 1. The van der Waals surface area contributed by atoms with Gasteiger partial charge >= 0.3 is 0 Å². The second-order valence-corrected chi connectivity index (χ2v) is 4.94. The molecule has 0 saturated heterocycles. The summed E-state index contributed by atoms with van der Waals surface area (Å²) in [6.07, 6.45) is 2.21. The average Bonchev–Trinajstić information content (AvgIpc) is 2.84. The SMILES string of the molecule is CC(C)CC1CC1c1nn(C)c(N)c1F. The summed E-state index contributed by atoms with van der Waals surface area (Å²) in [4.78, 5) is 0. The lowest BCUT2D eigenvalue weighted by Crippen LogP contribution is -1.98. The number of hydrogen-bond donors (Lipinski definition) is 1. The van der Waals surface area contributed by atoms with Crippen molar-refractivity contribution in [1.29, 1.82) is 0 Å². The van der Waals surface area contributed by atoms with Gasteiger partial charge in [0.05, 0.1) is 0 Å². The number of rotatable bonds is 3. The minimum absolute atomic E-state index is 0.153. The highest BCUT2D eigenvalue weighted by Crippen LogP contribution is 2.51. The zero-order chi connectivity index (χ0) is 11.2. The number of nitrogen functional groups attached to an aromatic ring is 1. The molecule has 2 rings (SSSR count). The van der Waals surface area contributed by atoms with Crippen molar-refractivity contribution >= 4 is 5.82 Å². The minimum Gasteiger partial charge on any atom is -0.381 e. The third kappa shape index (κ3) is 1.85. The van der Waals surface area contributed by atoms with Gasteiger partial charge < -0.3 is 5.73 Å². The van der Waals surface area contributed by atoms with Crippen LogP contribution < -0.4 is 5.73 Å². The molecule has 0 spiro atoms. The van der Waals surface area contributed by atoms with E-state index in [9.17, 15) is 4.39 Å². The third-order valence-corrected chi connectivity index (χ3v) is 3.10. The van der Waals surface area contributed by atoms with Crippen LogP contribution in [-0.2, 0) is 7.05 Å². The second kappa shape index (κ2) is 3.51. The first kappa shape index (κ1) is 10.5. The van der Waals surface area contributed by atoms with Gasteiger partial charge in [0.2, 0.25) is 0 Å². The van der Waals surface area contributed by atoms with Crippen LogP contribution in [0.2, 0.25) is 0 Å². The quantitative estimate of drug-likeness (QED) is 0.833. The Morgan fingerprint density at radius 1 is 1.60 bits per heavy atom. The van der Waals surface area contributed by atoms with E-state index < -0.39 is 0 Å². The number of nitrogens with zero attached hydrogens (tertiary/aromatic N) is 2. The first-order valence-electron chi connectivity index (χ1n) is 5.48. The van der Waals surface area contributed by atoms with Crippen LogP contribution >= 0.6 is 0 Å². The Bertz CT molecular complexity index is 370. The molecule has 0 radical (unpaired) electrons. The van der Waals surface area contributed by atoms with Gasteiger partial charge in [0.15, 0.2) is 11.6 Å². The maximum atomic E-state index is 13.6. The summed E-state index contributed by atoms with van der Waals surface area (Å²) >= 11 is 0. The van der Waals surface area contributed by atoms with Crippen LogP contribution in [0.5, 0.6) is 0 Å². The number of aromatic nitrogens is 2. The molecule has 1 saturated carbocycles. The van der Waals surface area contributed by atoms with E-state index in [4.69, 9.17) is 5.73 Å². The van der Waals surface area contributed by atoms with Crippen molar-refractivity contribution in [3.8, 4) is 0 Å². The van der Waals surface area contributed by atoms with Gasteiger partial charge in [-0.3, -0.25) is 4.68 Å². The number of halogens is 1. The molecule has 4 heteroatoms. The normalized spacial score (nSPS) is 24.9. The summed E-state index contributed by atoms with van der Waals surface area (Å²) in [6, 6.07) is 0. The third-order valence-electron chi connectivity index (χ3n) is 3.10. The monoisotopic (exact) mass is 211 g/mol. The molecule has 1 heterocycles. The predicted molar refractivity (Wildman–Crippen MR) is 57.9 cm³/mol. The van der Waals surface area contributed by atoms with E-state index in [1.807, 2.05) is 0 Å². The standard InChI is InChI=1S/C11H18FN3/c1-6(2)4-7-5-8(7)10-9(12)11(13)15(3)14-10/h6-8H,4-5,13H2,1-3H3. The lowest BCUT2D eigenvalue weighted by atomic mass is 10.1. The van der Waals surface area contributed by atoms with E-state index in [0.29, 0.717) is 23.4 Å². The molecule has 1 aliphatic carbocycles. The number of anilines is 1. The second-order valence-electron chi connectivity index (χ2n) is 4.94. The van der Waals surface area contributed by atoms with E-state index in [-0.39, 0.29) is 11.6 Å². The summed E-state index contributed by atoms with van der Waals surface area (Å²) in [5.41, 5.74) is 6.11. The lowest BCUT2D eigenvalue weighted by Gasteiger charge is -2.01. The van der Waals surface area contributed by atoms with E-state index in [1.165, 1.54) is 4.68 Å². The Morgan fingerprint density at radius 3 is 2.73 bits per heavy atom. The fourth-order valence-electron chi connectivity index (χ4n) is 2.22. The molecule has 1 aliphatic rings. The molecule has 2 N–H and O–H groups in total. The Labute approximate surface area is 89.5 Å². The Balaban J connectivity index is 2.10. The molecule has 2 unspecified atom stereocenters. The molecule has 15 heavy (non-hydrogen) atoms. The smallest absolute Gasteiger partial charge is 0.188 e. The highest BCUT2D eigenvalue weighted by atomic mass is 19.1. The summed E-state index contributed by atoms with van der Waals surface area (Å²) in [5.74, 6) is 1.42. The maximum Gasteiger partial charge on any atom is 0.188 e. The molecule has 1 aromatic rings. The minimum atomic E-state index is -0.311. The summed E-state index contributed by atoms with van der Waals surface area (Å²) in [5, 5.41) is 4.15. The number of hydrogen-bond acceptors (Lipinski definition) is 2. The Morgan fingerprint density at radius 2 is 2.27 bits per heavy atom. The predicted octanol–water partition coefficient (Wildman–Crippen LogP) is 2.29. The maximum absolute atomic E-state index is 13.6. The summed E-state index contributed by atoms with van der Waals surface area (Å²) in [6.45, 7) is 4.39. The Hall–Kier alpha value is -1.06. The van der Waals surface area contributed by atoms with E-state index in [0.717, 1.165) is 12.8 Å². The Kier molecular flexibility index (Phi) is 2.44. The van der Waals surface area contributed by atoms with E-state index >= 15 is 0 Å². The molecule has 0 amide bonds. The summed E-state index contributed by atoms with van der Waals surface area (Å²) < 4.78 is 15.0. The molecule has 1 aromatic heterocycles. The van der Waals surface area contributed by atoms with Crippen molar-refractivity contribution in [3.05, 3.63) is 11.5 Å². The fourth-order valence-corrected chi connectivity index (χ4v) is 2.22. The van der Waals surface area contributed by atoms with Gasteiger partial charge in [-0.2, -0.15) is 5.10 Å². The molecule has 2 atom stereocenters. The lowest BCUT2D eigenvalue weighted by molar-refractivity contribution is 0.524. The van der Waals surface area contributed by atoms with Gasteiger partial charge in [-0.15, -0.1) is 0 Å². The highest BCUT2D eigenvalue weighted by Gasteiger charge is 2.42. The van der Waals surface area contributed by atoms with Crippen LogP contribution in [-0.4, -0.2) is 9.78 Å². The zero-order valence-corrected chi connectivity index (χ0v) is 9.50. The molecular formula is C11H18FN3. The molecular weight excluding hydrogens is 193 g/mol. The molecule has 0 aliphatic heterocycles. The van der Waals surface area contributed by atoms with Crippen molar-refractivity contribution in [2.75, 3.05) is 5.73 Å². The van der Waals surface area contributed by atoms with Crippen molar-refractivity contribution in [2.45, 2.75) is 32.6 Å². The molecule has 0 bridgehead atoms. The van der Waals surface area contributed by atoms with Gasteiger partial charge in [0.25, 0.3) is 0 Å². The molecule has 1 fully saturated rings. The van der Waals surface area contributed by atoms with Crippen LogP contribution in [0.3, 0.4) is 0 Å². The van der Waals surface area contributed by atoms with Gasteiger partial charge in [-0.1, -0.05) is 13.8 Å². The van der Waals surface area contributed by atoms with E-state index in [1.54, 1.807) is 7.05 Å². The highest BCUT2D eigenvalue weighted by molar-refractivity contribution is 5.36. The first-order chi connectivity index (χ1) is 7.00. The van der Waals surface area contributed by atoms with Gasteiger partial charge in [-0.25, -0.2) is 4.39 Å². The number of aryl methyl sites for hydroxylation is 1. The largest absolute Gasteiger partial charge is 0.381 e. The molecule has 84 valence electrons. The topological polar surface area (TPSA) is 43.8 Å². The van der Waals surface area contributed by atoms with Crippen molar-refractivity contribution in [3.63, 3.8) is 0 Å². The van der Waals surface area contributed by atoms with Crippen molar-refractivity contribution < 1.29 is 4.39 Å². The van der Waals surface area contributed by atoms with Gasteiger partial charge in [-0.05, 0) is 24.7 Å². The molecule has 0 aromatic carbocycles. The van der Waals surface area contributed by atoms with Crippen LogP contribution in [0.25, 0.3) is 0 Å². The van der Waals surface area contributed by atoms with Crippen LogP contribution in [0.1, 0.15) is 38.3 Å². The van der Waals surface area contributed by atoms with Crippen LogP contribution in [0.4, 0.5) is 10.2 Å². The first-order valence-corrected chi connectivity index (χ1v) is 5.48. The van der Waals surface area contributed by atoms with Crippen molar-refractivity contribution in [2.24, 2.45) is 18.9 Å². The summed E-state index contributed by atoms with van der Waals surface area (Å²) in [7, 11) is 1.68. The van der Waals surface area contributed by atoms with Gasteiger partial charge in [0, 0.05) is 13.0 Å². The van der Waals surface area contributed by atoms with Crippen LogP contribution in [0, 0.1) is 17.7 Å².